The van der Waals surface area contributed by atoms with Crippen LogP contribution in [0.1, 0.15) is 21.9 Å². The molecule has 3 aromatic carbocycles. The average molecular weight is 419 g/mol. The van der Waals surface area contributed by atoms with E-state index >= 15 is 0 Å². The molecule has 1 N–H and O–H groups in total. The quantitative estimate of drug-likeness (QED) is 0.399. The van der Waals surface area contributed by atoms with E-state index in [0.29, 0.717) is 10.2 Å². The number of benzene rings is 3. The van der Waals surface area contributed by atoms with Gasteiger partial charge >= 0.3 is 0 Å². The molecule has 144 valence electrons. The zero-order chi connectivity index (χ0) is 20.2. The monoisotopic (exact) mass is 418 g/mol. The van der Waals surface area contributed by atoms with E-state index in [1.807, 2.05) is 91.9 Å². The van der Waals surface area contributed by atoms with Crippen LogP contribution in [0.5, 0.6) is 0 Å². The lowest BCUT2D eigenvalue weighted by Crippen LogP contribution is -2.22. The van der Waals surface area contributed by atoms with Gasteiger partial charge in [-0.25, -0.2) is 4.98 Å². The smallest absolute Gasteiger partial charge is 0.238 e. The minimum atomic E-state index is -0.402. The second-order valence-electron chi connectivity index (χ2n) is 6.67. The molecule has 1 amide bonds. The fourth-order valence-electron chi connectivity index (χ4n) is 3.29. The summed E-state index contributed by atoms with van der Waals surface area (Å²) in [6.07, 6.45) is 0. The Kier molecular flexibility index (Phi) is 5.74. The molecule has 0 saturated carbocycles. The third-order valence-corrected chi connectivity index (χ3v) is 5.81. The molecule has 1 aromatic heterocycles. The Morgan fingerprint density at radius 2 is 1.45 bits per heavy atom. The molecule has 3 nitrogen and oxygen atoms in total. The first-order chi connectivity index (χ1) is 14.1. The molecule has 0 aliphatic heterocycles. The lowest BCUT2D eigenvalue weighted by atomic mass is 9.90. The highest BCUT2D eigenvalue weighted by atomic mass is 35.5. The molecule has 0 radical (unpaired) electrons. The van der Waals surface area contributed by atoms with Crippen molar-refractivity contribution in [2.45, 2.75) is 12.8 Å². The van der Waals surface area contributed by atoms with Gasteiger partial charge < -0.3 is 5.32 Å². The zero-order valence-corrected chi connectivity index (χ0v) is 17.4. The predicted molar refractivity (Wildman–Crippen MR) is 121 cm³/mol. The van der Waals surface area contributed by atoms with Gasteiger partial charge in [0.1, 0.15) is 0 Å². The van der Waals surface area contributed by atoms with Crippen molar-refractivity contribution in [2.24, 2.45) is 0 Å². The predicted octanol–water partition coefficient (Wildman–Crippen LogP) is 6.54. The average Bonchev–Trinajstić information content (AvgIpc) is 3.10. The number of aromatic nitrogens is 1. The Hall–Kier alpha value is -2.95. The third kappa shape index (κ3) is 4.39. The number of carbonyl (C=O) groups excluding carboxylic acids is 1. The number of rotatable bonds is 5. The van der Waals surface area contributed by atoms with Gasteiger partial charge in [0.2, 0.25) is 5.91 Å². The van der Waals surface area contributed by atoms with E-state index in [2.05, 4.69) is 10.3 Å². The van der Waals surface area contributed by atoms with Gasteiger partial charge in [0.05, 0.1) is 11.6 Å². The van der Waals surface area contributed by atoms with Crippen LogP contribution in [0.4, 0.5) is 5.13 Å². The molecular weight excluding hydrogens is 400 g/mol. The summed E-state index contributed by atoms with van der Waals surface area (Å²) in [5.41, 5.74) is 3.73. The highest BCUT2D eigenvalue weighted by molar-refractivity contribution is 7.16. The Morgan fingerprint density at radius 3 is 2.00 bits per heavy atom. The van der Waals surface area contributed by atoms with Crippen molar-refractivity contribution in [3.63, 3.8) is 0 Å². The Bertz CT molecular complexity index is 1070. The first-order valence-corrected chi connectivity index (χ1v) is 10.5. The van der Waals surface area contributed by atoms with E-state index in [1.165, 1.54) is 11.3 Å². The number of nitrogens with zero attached hydrogens (tertiary/aromatic N) is 1. The van der Waals surface area contributed by atoms with Crippen LogP contribution >= 0.6 is 22.9 Å². The maximum atomic E-state index is 13.3. The molecule has 0 fully saturated rings. The first-order valence-electron chi connectivity index (χ1n) is 9.26. The van der Waals surface area contributed by atoms with Gasteiger partial charge in [-0.1, -0.05) is 84.4 Å². The van der Waals surface area contributed by atoms with E-state index in [0.717, 1.165) is 27.3 Å². The van der Waals surface area contributed by atoms with Crippen molar-refractivity contribution >= 4 is 34.0 Å². The van der Waals surface area contributed by atoms with Crippen LogP contribution in [0.15, 0.2) is 84.9 Å². The highest BCUT2D eigenvalue weighted by Gasteiger charge is 2.24. The molecule has 0 aliphatic carbocycles. The molecule has 0 unspecified atom stereocenters. The second kappa shape index (κ2) is 8.60. The van der Waals surface area contributed by atoms with Gasteiger partial charge in [0.25, 0.3) is 0 Å². The van der Waals surface area contributed by atoms with Gasteiger partial charge in [0, 0.05) is 15.5 Å². The van der Waals surface area contributed by atoms with E-state index < -0.39 is 5.92 Å². The molecule has 4 aromatic rings. The SMILES string of the molecule is Cc1sc(NC(=O)C(c2ccccc2)c2ccccc2)nc1-c1ccc(Cl)cc1. The number of anilines is 1. The number of thiazole rings is 1. The standard InChI is InChI=1S/C24H19ClN2OS/c1-16-22(19-12-14-20(25)15-13-19)26-24(29-16)27-23(28)21(17-8-4-2-5-9-17)18-10-6-3-7-11-18/h2-15,21H,1H3,(H,26,27,28). The first kappa shape index (κ1) is 19.4. The molecule has 29 heavy (non-hydrogen) atoms. The number of hydrogen-bond acceptors (Lipinski definition) is 3. The number of nitrogens with one attached hydrogen (secondary N) is 1. The Balaban J connectivity index is 1.63. The number of aryl methyl sites for hydroxylation is 1. The van der Waals surface area contributed by atoms with E-state index in [1.54, 1.807) is 0 Å². The molecule has 5 heteroatoms. The summed E-state index contributed by atoms with van der Waals surface area (Å²) in [5.74, 6) is -0.501. The number of amides is 1. The molecule has 0 saturated heterocycles. The Labute approximate surface area is 179 Å². The fraction of sp³-hybridized carbons (Fsp3) is 0.0833. The van der Waals surface area contributed by atoms with Gasteiger partial charge in [0.15, 0.2) is 5.13 Å². The minimum absolute atomic E-state index is 0.0983. The second-order valence-corrected chi connectivity index (χ2v) is 8.31. The highest BCUT2D eigenvalue weighted by Crippen LogP contribution is 2.32. The molecule has 4 rings (SSSR count). The summed E-state index contributed by atoms with van der Waals surface area (Å²) >= 11 is 7.46. The van der Waals surface area contributed by atoms with Crippen molar-refractivity contribution in [2.75, 3.05) is 5.32 Å². The van der Waals surface area contributed by atoms with Crippen molar-refractivity contribution in [1.29, 1.82) is 0 Å². The number of carbonyl (C=O) groups is 1. The largest absolute Gasteiger partial charge is 0.301 e. The van der Waals surface area contributed by atoms with Crippen LogP contribution in [0.3, 0.4) is 0 Å². The van der Waals surface area contributed by atoms with Crippen molar-refractivity contribution in [3.05, 3.63) is 106 Å². The fourth-order valence-corrected chi connectivity index (χ4v) is 4.25. The maximum absolute atomic E-state index is 13.3. The molecular formula is C24H19ClN2OS. The normalized spacial score (nSPS) is 10.9. The lowest BCUT2D eigenvalue weighted by molar-refractivity contribution is -0.116. The van der Waals surface area contributed by atoms with Crippen molar-refractivity contribution < 1.29 is 4.79 Å². The van der Waals surface area contributed by atoms with Crippen LogP contribution in [-0.4, -0.2) is 10.9 Å². The van der Waals surface area contributed by atoms with Gasteiger partial charge in [-0.3, -0.25) is 4.79 Å². The molecule has 0 aliphatic rings. The maximum Gasteiger partial charge on any atom is 0.238 e. The van der Waals surface area contributed by atoms with Gasteiger partial charge in [-0.15, -0.1) is 11.3 Å². The summed E-state index contributed by atoms with van der Waals surface area (Å²) in [6.45, 7) is 2.00. The topological polar surface area (TPSA) is 42.0 Å². The summed E-state index contributed by atoms with van der Waals surface area (Å²) in [6, 6.07) is 27.2. The Morgan fingerprint density at radius 1 is 0.897 bits per heavy atom. The molecule has 0 spiro atoms. The van der Waals surface area contributed by atoms with Crippen molar-refractivity contribution in [1.82, 2.24) is 4.98 Å². The van der Waals surface area contributed by atoms with E-state index in [9.17, 15) is 4.79 Å². The number of hydrogen-bond donors (Lipinski definition) is 1. The molecule has 0 bridgehead atoms. The van der Waals surface area contributed by atoms with Crippen LogP contribution in [-0.2, 0) is 4.79 Å². The summed E-state index contributed by atoms with van der Waals surface area (Å²) in [7, 11) is 0. The third-order valence-electron chi connectivity index (χ3n) is 4.67. The van der Waals surface area contributed by atoms with Crippen molar-refractivity contribution in [3.8, 4) is 11.3 Å². The van der Waals surface area contributed by atoms with Gasteiger partial charge in [-0.2, -0.15) is 0 Å². The van der Waals surface area contributed by atoms with Crippen LogP contribution < -0.4 is 5.32 Å². The summed E-state index contributed by atoms with van der Waals surface area (Å²) in [4.78, 5) is 19.0. The summed E-state index contributed by atoms with van der Waals surface area (Å²) in [5, 5.41) is 4.30. The van der Waals surface area contributed by atoms with E-state index in [4.69, 9.17) is 11.6 Å². The zero-order valence-electron chi connectivity index (χ0n) is 15.8. The molecule has 1 heterocycles. The minimum Gasteiger partial charge on any atom is -0.301 e. The molecule has 0 atom stereocenters. The van der Waals surface area contributed by atoms with Crippen LogP contribution in [0.25, 0.3) is 11.3 Å². The van der Waals surface area contributed by atoms with Crippen LogP contribution in [0.2, 0.25) is 5.02 Å². The van der Waals surface area contributed by atoms with Gasteiger partial charge in [-0.05, 0) is 30.2 Å². The van der Waals surface area contributed by atoms with E-state index in [-0.39, 0.29) is 5.91 Å². The number of halogens is 1. The lowest BCUT2D eigenvalue weighted by Gasteiger charge is -2.17. The van der Waals surface area contributed by atoms with Crippen LogP contribution in [0, 0.1) is 6.92 Å². The summed E-state index contributed by atoms with van der Waals surface area (Å²) < 4.78 is 0.